The first-order chi connectivity index (χ1) is 9.06. The van der Waals surface area contributed by atoms with Crippen LogP contribution in [0.3, 0.4) is 0 Å². The first kappa shape index (κ1) is 13.0. The molecule has 0 saturated heterocycles. The summed E-state index contributed by atoms with van der Waals surface area (Å²) in [6, 6.07) is 8.92. The highest BCUT2D eigenvalue weighted by molar-refractivity contribution is 5.93. The van der Waals surface area contributed by atoms with E-state index in [4.69, 9.17) is 0 Å². The molecule has 0 N–H and O–H groups in total. The number of aromatic nitrogens is 1. The Hall–Kier alpha value is -2.43. The molecule has 0 unspecified atom stereocenters. The Morgan fingerprint density at radius 2 is 1.79 bits per heavy atom. The van der Waals surface area contributed by atoms with Gasteiger partial charge in [-0.25, -0.2) is 4.39 Å². The van der Waals surface area contributed by atoms with Crippen LogP contribution in [0.4, 0.5) is 4.39 Å². The Kier molecular flexibility index (Phi) is 3.75. The van der Waals surface area contributed by atoms with E-state index >= 15 is 0 Å². The van der Waals surface area contributed by atoms with Crippen molar-refractivity contribution in [3.63, 3.8) is 0 Å². The predicted molar refractivity (Wildman–Crippen MR) is 67.6 cm³/mol. The van der Waals surface area contributed by atoms with E-state index in [2.05, 4.69) is 0 Å². The number of hydrogen-bond donors (Lipinski definition) is 0. The molecule has 1 aromatic carbocycles. The fourth-order valence-electron chi connectivity index (χ4n) is 1.71. The van der Waals surface area contributed by atoms with Gasteiger partial charge in [0.1, 0.15) is 5.82 Å². The number of nitrogens with zero attached hydrogens (tertiary/aromatic N) is 2. The maximum atomic E-state index is 12.8. The Balaban J connectivity index is 2.07. The first-order valence-electron chi connectivity index (χ1n) is 5.75. The zero-order valence-corrected chi connectivity index (χ0v) is 10.4. The van der Waals surface area contributed by atoms with Crippen molar-refractivity contribution in [2.45, 2.75) is 6.54 Å². The van der Waals surface area contributed by atoms with Crippen LogP contribution in [0.25, 0.3) is 0 Å². The van der Waals surface area contributed by atoms with E-state index in [-0.39, 0.29) is 11.7 Å². The Bertz CT molecular complexity index is 567. The van der Waals surface area contributed by atoms with Crippen molar-refractivity contribution >= 4 is 5.91 Å². The van der Waals surface area contributed by atoms with E-state index in [1.165, 1.54) is 41.6 Å². The average molecular weight is 260 g/mol. The largest absolute Gasteiger partial charge is 0.619 e. The lowest BCUT2D eigenvalue weighted by molar-refractivity contribution is -0.605. The zero-order valence-electron chi connectivity index (χ0n) is 10.4. The van der Waals surface area contributed by atoms with Gasteiger partial charge in [-0.3, -0.25) is 4.79 Å². The van der Waals surface area contributed by atoms with E-state index in [9.17, 15) is 14.4 Å². The molecule has 0 aliphatic rings. The number of carbonyl (C=O) groups is 1. The van der Waals surface area contributed by atoms with Gasteiger partial charge in [0.05, 0.1) is 5.56 Å². The molecule has 0 aliphatic heterocycles. The van der Waals surface area contributed by atoms with Gasteiger partial charge in [-0.1, -0.05) is 12.1 Å². The fourth-order valence-corrected chi connectivity index (χ4v) is 1.71. The number of pyridine rings is 1. The van der Waals surface area contributed by atoms with Gasteiger partial charge < -0.3 is 10.1 Å². The molecule has 1 amide bonds. The number of rotatable bonds is 3. The van der Waals surface area contributed by atoms with Crippen molar-refractivity contribution in [2.75, 3.05) is 7.05 Å². The van der Waals surface area contributed by atoms with Crippen LogP contribution in [0.5, 0.6) is 0 Å². The second-order valence-corrected chi connectivity index (χ2v) is 4.23. The van der Waals surface area contributed by atoms with Gasteiger partial charge in [0.2, 0.25) is 0 Å². The number of amides is 1. The van der Waals surface area contributed by atoms with Gasteiger partial charge in [0.15, 0.2) is 12.4 Å². The maximum absolute atomic E-state index is 12.8. The first-order valence-corrected chi connectivity index (χ1v) is 5.75. The lowest BCUT2D eigenvalue weighted by Crippen LogP contribution is -2.29. The molecule has 0 atom stereocenters. The summed E-state index contributed by atoms with van der Waals surface area (Å²) in [5.74, 6) is -0.495. The van der Waals surface area contributed by atoms with Crippen molar-refractivity contribution in [3.8, 4) is 0 Å². The summed E-state index contributed by atoms with van der Waals surface area (Å²) < 4.78 is 13.4. The monoisotopic (exact) mass is 260 g/mol. The minimum absolute atomic E-state index is 0.190. The third-order valence-corrected chi connectivity index (χ3v) is 2.73. The van der Waals surface area contributed by atoms with Crippen molar-refractivity contribution in [2.24, 2.45) is 0 Å². The highest BCUT2D eigenvalue weighted by Crippen LogP contribution is 2.08. The Morgan fingerprint density at radius 3 is 2.37 bits per heavy atom. The predicted octanol–water partition coefficient (Wildman–Crippen LogP) is 1.73. The topological polar surface area (TPSA) is 47.2 Å². The number of carbonyl (C=O) groups excluding carboxylic acids is 1. The highest BCUT2D eigenvalue weighted by atomic mass is 19.1. The normalized spacial score (nSPS) is 10.2. The van der Waals surface area contributed by atoms with E-state index in [1.54, 1.807) is 19.2 Å². The summed E-state index contributed by atoms with van der Waals surface area (Å²) >= 11 is 0. The van der Waals surface area contributed by atoms with Crippen LogP contribution < -0.4 is 4.73 Å². The van der Waals surface area contributed by atoms with Gasteiger partial charge in [-0.15, -0.1) is 0 Å². The molecule has 98 valence electrons. The quantitative estimate of drug-likeness (QED) is 0.623. The third-order valence-electron chi connectivity index (χ3n) is 2.73. The molecule has 0 radical (unpaired) electrons. The van der Waals surface area contributed by atoms with Crippen LogP contribution in [-0.2, 0) is 6.54 Å². The van der Waals surface area contributed by atoms with Crippen LogP contribution in [0, 0.1) is 11.0 Å². The SMILES string of the molecule is CN(Cc1ccc(F)cc1)C(=O)c1cc[n+]([O-])cc1. The van der Waals surface area contributed by atoms with Gasteiger partial charge in [0, 0.05) is 25.7 Å². The van der Waals surface area contributed by atoms with E-state index in [0.717, 1.165) is 5.56 Å². The van der Waals surface area contributed by atoms with E-state index < -0.39 is 0 Å². The van der Waals surface area contributed by atoms with Crippen LogP contribution in [0.1, 0.15) is 15.9 Å². The lowest BCUT2D eigenvalue weighted by Gasteiger charge is -2.17. The summed E-state index contributed by atoms with van der Waals surface area (Å²) in [6.07, 6.45) is 2.55. The molecule has 0 aliphatic carbocycles. The number of benzene rings is 1. The molecule has 4 nitrogen and oxygen atoms in total. The van der Waals surface area contributed by atoms with Crippen molar-refractivity contribution in [3.05, 3.63) is 70.9 Å². The standard InChI is InChI=1S/C14H13FN2O2/c1-16(10-11-2-4-13(15)5-3-11)14(18)12-6-8-17(19)9-7-12/h2-9H,10H2,1H3. The van der Waals surface area contributed by atoms with Crippen molar-refractivity contribution < 1.29 is 13.9 Å². The molecule has 2 rings (SSSR count). The molecular weight excluding hydrogens is 247 g/mol. The molecule has 0 bridgehead atoms. The minimum Gasteiger partial charge on any atom is -0.619 e. The summed E-state index contributed by atoms with van der Waals surface area (Å²) in [7, 11) is 1.66. The fraction of sp³-hybridized carbons (Fsp3) is 0.143. The highest BCUT2D eigenvalue weighted by Gasteiger charge is 2.12. The molecule has 0 fully saturated rings. The molecular formula is C14H13FN2O2. The number of halogens is 1. The van der Waals surface area contributed by atoms with Crippen molar-refractivity contribution in [1.82, 2.24) is 4.90 Å². The zero-order chi connectivity index (χ0) is 13.8. The van der Waals surface area contributed by atoms with Gasteiger partial charge in [-0.2, -0.15) is 4.73 Å². The molecule has 2 aromatic rings. The second-order valence-electron chi connectivity index (χ2n) is 4.23. The van der Waals surface area contributed by atoms with Crippen LogP contribution >= 0.6 is 0 Å². The molecule has 19 heavy (non-hydrogen) atoms. The summed E-state index contributed by atoms with van der Waals surface area (Å²) in [5.41, 5.74) is 1.28. The van der Waals surface area contributed by atoms with E-state index in [1.807, 2.05) is 0 Å². The van der Waals surface area contributed by atoms with Crippen LogP contribution in [0.2, 0.25) is 0 Å². The van der Waals surface area contributed by atoms with Gasteiger partial charge in [-0.05, 0) is 17.7 Å². The van der Waals surface area contributed by atoms with Crippen molar-refractivity contribution in [1.29, 1.82) is 0 Å². The molecule has 0 saturated carbocycles. The summed E-state index contributed by atoms with van der Waals surface area (Å²) in [6.45, 7) is 0.380. The summed E-state index contributed by atoms with van der Waals surface area (Å²) in [4.78, 5) is 13.6. The van der Waals surface area contributed by atoms with Gasteiger partial charge in [0.25, 0.3) is 5.91 Å². The second kappa shape index (κ2) is 5.48. The molecule has 1 aromatic heterocycles. The van der Waals surface area contributed by atoms with Crippen LogP contribution in [0.15, 0.2) is 48.8 Å². The smallest absolute Gasteiger partial charge is 0.254 e. The third kappa shape index (κ3) is 3.28. The average Bonchev–Trinajstić information content (AvgIpc) is 2.41. The molecule has 0 spiro atoms. The number of hydrogen-bond acceptors (Lipinski definition) is 2. The van der Waals surface area contributed by atoms with Crippen LogP contribution in [-0.4, -0.2) is 17.9 Å². The Labute approximate surface area is 110 Å². The van der Waals surface area contributed by atoms with E-state index in [0.29, 0.717) is 16.8 Å². The minimum atomic E-state index is -0.305. The molecule has 1 heterocycles. The lowest BCUT2D eigenvalue weighted by atomic mass is 10.2. The maximum Gasteiger partial charge on any atom is 0.254 e. The summed E-state index contributed by atoms with van der Waals surface area (Å²) in [5, 5.41) is 10.9. The Morgan fingerprint density at radius 1 is 1.21 bits per heavy atom. The molecule has 5 heteroatoms. The van der Waals surface area contributed by atoms with Gasteiger partial charge >= 0.3 is 0 Å².